The van der Waals surface area contributed by atoms with Crippen molar-refractivity contribution in [1.29, 1.82) is 0 Å². The number of rotatable bonds is 8. The molecule has 152 valence electrons. The van der Waals surface area contributed by atoms with Crippen molar-refractivity contribution in [2.45, 2.75) is 33.5 Å². The first-order valence-corrected chi connectivity index (χ1v) is 9.35. The van der Waals surface area contributed by atoms with Gasteiger partial charge in [0.15, 0.2) is 17.5 Å². The van der Waals surface area contributed by atoms with Crippen molar-refractivity contribution in [3.05, 3.63) is 59.2 Å². The molecule has 28 heavy (non-hydrogen) atoms. The van der Waals surface area contributed by atoms with Gasteiger partial charge < -0.3 is 24.8 Å². The van der Waals surface area contributed by atoms with Crippen molar-refractivity contribution in [3.63, 3.8) is 0 Å². The molecule has 0 radical (unpaired) electrons. The normalized spacial score (nSPS) is 12.4. The largest absolute Gasteiger partial charge is 0.454 e. The minimum absolute atomic E-state index is 0. The molecule has 6 nitrogen and oxygen atoms in total. The molecule has 2 aromatic rings. The topological polar surface area (TPSA) is 64.1 Å². The van der Waals surface area contributed by atoms with Gasteiger partial charge in [-0.1, -0.05) is 30.3 Å². The number of guanidine groups is 1. The van der Waals surface area contributed by atoms with Crippen LogP contribution in [0.15, 0.2) is 47.5 Å². The third-order valence-electron chi connectivity index (χ3n) is 4.23. The Bertz CT molecular complexity index is 783. The summed E-state index contributed by atoms with van der Waals surface area (Å²) in [4.78, 5) is 4.68. The molecule has 2 aromatic carbocycles. The number of nitrogens with zero attached hydrogens (tertiary/aromatic N) is 1. The maximum atomic E-state index is 5.56. The van der Waals surface area contributed by atoms with Gasteiger partial charge in [-0.05, 0) is 42.7 Å². The molecule has 0 atom stereocenters. The van der Waals surface area contributed by atoms with Crippen LogP contribution in [0.1, 0.15) is 30.5 Å². The highest BCUT2D eigenvalue weighted by Gasteiger charge is 2.13. The van der Waals surface area contributed by atoms with Gasteiger partial charge in [-0.3, -0.25) is 0 Å². The van der Waals surface area contributed by atoms with E-state index in [1.807, 2.05) is 37.3 Å². The summed E-state index contributed by atoms with van der Waals surface area (Å²) in [5.74, 6) is 2.35. The van der Waals surface area contributed by atoms with Gasteiger partial charge in [0, 0.05) is 19.7 Å². The Labute approximate surface area is 183 Å². The summed E-state index contributed by atoms with van der Waals surface area (Å²) in [6.45, 7) is 7.73. The Morgan fingerprint density at radius 1 is 1.04 bits per heavy atom. The van der Waals surface area contributed by atoms with Gasteiger partial charge in [-0.25, -0.2) is 4.99 Å². The summed E-state index contributed by atoms with van der Waals surface area (Å²) >= 11 is 0. The lowest BCUT2D eigenvalue weighted by atomic mass is 10.1. The summed E-state index contributed by atoms with van der Waals surface area (Å²) in [6, 6.07) is 14.2. The monoisotopic (exact) mass is 497 g/mol. The van der Waals surface area contributed by atoms with E-state index in [0.717, 1.165) is 29.6 Å². The molecule has 0 aromatic heterocycles. The summed E-state index contributed by atoms with van der Waals surface area (Å²) in [6.07, 6.45) is 0. The minimum Gasteiger partial charge on any atom is -0.454 e. The number of hydrogen-bond donors (Lipinski definition) is 2. The first-order chi connectivity index (χ1) is 13.3. The van der Waals surface area contributed by atoms with E-state index in [1.165, 1.54) is 11.1 Å². The van der Waals surface area contributed by atoms with E-state index in [-0.39, 0.29) is 30.8 Å². The molecule has 0 fully saturated rings. The second-order valence-corrected chi connectivity index (χ2v) is 6.14. The van der Waals surface area contributed by atoms with Crippen LogP contribution in [0.25, 0.3) is 0 Å². The highest BCUT2D eigenvalue weighted by atomic mass is 127. The molecule has 3 rings (SSSR count). The van der Waals surface area contributed by atoms with E-state index in [9.17, 15) is 0 Å². The molecule has 1 aliphatic rings. The predicted octanol–water partition coefficient (Wildman–Crippen LogP) is 3.83. The van der Waals surface area contributed by atoms with Crippen molar-refractivity contribution >= 4 is 29.9 Å². The highest BCUT2D eigenvalue weighted by molar-refractivity contribution is 14.0. The fourth-order valence-electron chi connectivity index (χ4n) is 2.81. The molecule has 1 heterocycles. The lowest BCUT2D eigenvalue weighted by Gasteiger charge is -2.14. The lowest BCUT2D eigenvalue weighted by molar-refractivity contribution is 0.133. The molecular formula is C21H28IN3O3. The smallest absolute Gasteiger partial charge is 0.231 e. The molecular weight excluding hydrogens is 469 g/mol. The van der Waals surface area contributed by atoms with E-state index in [0.29, 0.717) is 26.3 Å². The zero-order valence-electron chi connectivity index (χ0n) is 16.4. The molecule has 0 unspecified atom stereocenters. The maximum absolute atomic E-state index is 5.56. The van der Waals surface area contributed by atoms with E-state index in [1.54, 1.807) is 0 Å². The third kappa shape index (κ3) is 6.27. The Morgan fingerprint density at radius 3 is 2.61 bits per heavy atom. The fraction of sp³-hybridized carbons (Fsp3) is 0.381. The average molecular weight is 497 g/mol. The molecule has 0 spiro atoms. The Hall–Kier alpha value is -2.00. The maximum Gasteiger partial charge on any atom is 0.231 e. The van der Waals surface area contributed by atoms with Crippen molar-refractivity contribution in [1.82, 2.24) is 10.6 Å². The number of ether oxygens (including phenoxy) is 3. The van der Waals surface area contributed by atoms with E-state index < -0.39 is 0 Å². The molecule has 2 N–H and O–H groups in total. The average Bonchev–Trinajstić information content (AvgIpc) is 3.17. The molecule has 0 saturated carbocycles. The molecule has 7 heteroatoms. The number of benzene rings is 2. The number of halogens is 1. The van der Waals surface area contributed by atoms with Crippen LogP contribution in [0.3, 0.4) is 0 Å². The van der Waals surface area contributed by atoms with Crippen LogP contribution >= 0.6 is 24.0 Å². The number of fused-ring (bicyclic) bond motifs is 1. The SMILES string of the molecule is CCNC(=NCc1ccc2c(c1)OCO2)NCc1ccccc1COCC.I. The molecule has 0 saturated heterocycles. The van der Waals surface area contributed by atoms with Gasteiger partial charge in [0.1, 0.15) is 0 Å². The minimum atomic E-state index is 0. The zero-order chi connectivity index (χ0) is 18.9. The standard InChI is InChI=1S/C21H27N3O3.HI/c1-3-22-21(23-12-16-9-10-19-20(11-16)27-15-26-19)24-13-17-7-5-6-8-18(17)14-25-4-2;/h5-11H,3-4,12-15H2,1-2H3,(H2,22,23,24);1H. The molecule has 0 bridgehead atoms. The van der Waals surface area contributed by atoms with Crippen LogP contribution in [-0.2, 0) is 24.4 Å². The fourth-order valence-corrected chi connectivity index (χ4v) is 2.81. The molecule has 0 aliphatic carbocycles. The van der Waals surface area contributed by atoms with Crippen molar-refractivity contribution < 1.29 is 14.2 Å². The summed E-state index contributed by atoms with van der Waals surface area (Å²) in [7, 11) is 0. The van der Waals surface area contributed by atoms with Crippen LogP contribution in [-0.4, -0.2) is 25.9 Å². The van der Waals surface area contributed by atoms with Gasteiger partial charge in [-0.2, -0.15) is 0 Å². The Morgan fingerprint density at radius 2 is 1.82 bits per heavy atom. The quantitative estimate of drug-likeness (QED) is 0.330. The van der Waals surface area contributed by atoms with Crippen molar-refractivity contribution in [2.75, 3.05) is 19.9 Å². The molecule has 1 aliphatic heterocycles. The zero-order valence-corrected chi connectivity index (χ0v) is 18.7. The Kier molecular flexibility index (Phi) is 9.36. The number of aliphatic imine (C=N–C) groups is 1. The first-order valence-electron chi connectivity index (χ1n) is 9.35. The van der Waals surface area contributed by atoms with Crippen LogP contribution < -0.4 is 20.1 Å². The van der Waals surface area contributed by atoms with Gasteiger partial charge in [0.2, 0.25) is 6.79 Å². The second-order valence-electron chi connectivity index (χ2n) is 6.14. The van der Waals surface area contributed by atoms with Gasteiger partial charge in [0.05, 0.1) is 13.2 Å². The third-order valence-corrected chi connectivity index (χ3v) is 4.23. The summed E-state index contributed by atoms with van der Waals surface area (Å²) in [5.41, 5.74) is 3.48. The van der Waals surface area contributed by atoms with Crippen LogP contribution in [0.5, 0.6) is 11.5 Å². The van der Waals surface area contributed by atoms with Gasteiger partial charge >= 0.3 is 0 Å². The van der Waals surface area contributed by atoms with Crippen molar-refractivity contribution in [2.24, 2.45) is 4.99 Å². The van der Waals surface area contributed by atoms with E-state index in [2.05, 4.69) is 34.7 Å². The lowest BCUT2D eigenvalue weighted by Crippen LogP contribution is -2.37. The van der Waals surface area contributed by atoms with Gasteiger partial charge in [0.25, 0.3) is 0 Å². The Balaban J connectivity index is 0.00000280. The van der Waals surface area contributed by atoms with Crippen LogP contribution in [0, 0.1) is 0 Å². The predicted molar refractivity (Wildman–Crippen MR) is 121 cm³/mol. The van der Waals surface area contributed by atoms with Crippen molar-refractivity contribution in [3.8, 4) is 11.5 Å². The van der Waals surface area contributed by atoms with E-state index >= 15 is 0 Å². The number of nitrogens with one attached hydrogen (secondary N) is 2. The van der Waals surface area contributed by atoms with E-state index in [4.69, 9.17) is 14.2 Å². The highest BCUT2D eigenvalue weighted by Crippen LogP contribution is 2.32. The van der Waals surface area contributed by atoms with Gasteiger partial charge in [-0.15, -0.1) is 24.0 Å². The summed E-state index contributed by atoms with van der Waals surface area (Å²) < 4.78 is 16.3. The van der Waals surface area contributed by atoms with Crippen LogP contribution in [0.2, 0.25) is 0 Å². The second kappa shape index (κ2) is 11.8. The number of hydrogen-bond acceptors (Lipinski definition) is 4. The van der Waals surface area contributed by atoms with Crippen LogP contribution in [0.4, 0.5) is 0 Å². The molecule has 0 amide bonds. The summed E-state index contributed by atoms with van der Waals surface area (Å²) in [5, 5.41) is 6.69. The first kappa shape index (κ1) is 22.3.